The molecule has 7 nitrogen and oxygen atoms in total. The van der Waals surface area contributed by atoms with E-state index in [1.54, 1.807) is 4.90 Å². The van der Waals surface area contributed by atoms with E-state index in [0.29, 0.717) is 25.1 Å². The zero-order valence-electron chi connectivity index (χ0n) is 20.5. The number of anilines is 3. The average molecular weight is 475 g/mol. The molecule has 0 unspecified atom stereocenters. The molecule has 3 heterocycles. The minimum absolute atomic E-state index is 0.100. The predicted molar refractivity (Wildman–Crippen MR) is 137 cm³/mol. The summed E-state index contributed by atoms with van der Waals surface area (Å²) in [6, 6.07) is 14.4. The highest BCUT2D eigenvalue weighted by atomic mass is 19.1. The second-order valence-corrected chi connectivity index (χ2v) is 9.46. The summed E-state index contributed by atoms with van der Waals surface area (Å²) in [5.74, 6) is 1.16. The number of carbonyl (C=O) groups excluding carboxylic acids is 1. The molecule has 3 aromatic rings. The fraction of sp³-hybridized carbons (Fsp3) is 0.370. The summed E-state index contributed by atoms with van der Waals surface area (Å²) in [6.45, 7) is 6.68. The largest absolute Gasteiger partial charge is 0.368 e. The fourth-order valence-corrected chi connectivity index (χ4v) is 4.76. The number of hydrogen-bond acceptors (Lipinski definition) is 6. The molecule has 0 spiro atoms. The third-order valence-electron chi connectivity index (χ3n) is 6.79. The van der Waals surface area contributed by atoms with Crippen molar-refractivity contribution in [3.05, 3.63) is 76.7 Å². The number of benzene rings is 2. The van der Waals surface area contributed by atoms with Gasteiger partial charge in [0.25, 0.3) is 5.91 Å². The summed E-state index contributed by atoms with van der Waals surface area (Å²) in [5.41, 5.74) is 5.00. The van der Waals surface area contributed by atoms with Crippen molar-refractivity contribution in [2.24, 2.45) is 0 Å². The second kappa shape index (κ2) is 9.52. The van der Waals surface area contributed by atoms with Crippen LogP contribution in [0.15, 0.2) is 48.5 Å². The number of aryl methyl sites for hydroxylation is 1. The van der Waals surface area contributed by atoms with E-state index in [0.717, 1.165) is 49.2 Å². The van der Waals surface area contributed by atoms with E-state index in [9.17, 15) is 9.18 Å². The van der Waals surface area contributed by atoms with Gasteiger partial charge in [-0.05, 0) is 43.3 Å². The number of rotatable bonds is 4. The molecule has 1 aromatic heterocycles. The molecule has 5 rings (SSSR count). The number of aromatic nitrogens is 2. The van der Waals surface area contributed by atoms with Crippen molar-refractivity contribution < 1.29 is 9.18 Å². The Morgan fingerprint density at radius 3 is 2.20 bits per heavy atom. The third kappa shape index (κ3) is 4.78. The molecule has 2 aliphatic heterocycles. The monoisotopic (exact) mass is 474 g/mol. The van der Waals surface area contributed by atoms with Gasteiger partial charge in [0.1, 0.15) is 11.6 Å². The van der Waals surface area contributed by atoms with E-state index in [1.165, 1.54) is 35.5 Å². The molecule has 0 bridgehead atoms. The van der Waals surface area contributed by atoms with Crippen LogP contribution in [0, 0.1) is 12.7 Å². The smallest absolute Gasteiger partial charge is 0.254 e. The van der Waals surface area contributed by atoms with Gasteiger partial charge in [-0.25, -0.2) is 9.37 Å². The van der Waals surface area contributed by atoms with Gasteiger partial charge in [-0.1, -0.05) is 17.7 Å². The molecular formula is C27H31FN6O. The molecule has 1 fully saturated rings. The van der Waals surface area contributed by atoms with Crippen molar-refractivity contribution in [3.63, 3.8) is 0 Å². The van der Waals surface area contributed by atoms with Crippen LogP contribution in [0.3, 0.4) is 0 Å². The van der Waals surface area contributed by atoms with Crippen molar-refractivity contribution in [2.75, 3.05) is 61.5 Å². The van der Waals surface area contributed by atoms with Crippen LogP contribution in [-0.2, 0) is 13.0 Å². The lowest BCUT2D eigenvalue weighted by Gasteiger charge is -2.37. The highest BCUT2D eigenvalue weighted by Gasteiger charge is 2.29. The van der Waals surface area contributed by atoms with Crippen LogP contribution in [0.25, 0.3) is 0 Å². The van der Waals surface area contributed by atoms with Gasteiger partial charge in [0.15, 0.2) is 0 Å². The fourth-order valence-electron chi connectivity index (χ4n) is 4.76. The molecular weight excluding hydrogens is 443 g/mol. The summed E-state index contributed by atoms with van der Waals surface area (Å²) in [5, 5.41) is 0. The van der Waals surface area contributed by atoms with Crippen LogP contribution in [-0.4, -0.2) is 67.6 Å². The number of piperazine rings is 1. The van der Waals surface area contributed by atoms with Crippen molar-refractivity contribution in [1.82, 2.24) is 14.9 Å². The quantitative estimate of drug-likeness (QED) is 0.577. The number of fused-ring (bicyclic) bond motifs is 1. The SMILES string of the molecule is Cc1ccc(N2CCN(c3nc4c(c(N(C)C)n3)CN(C(=O)c3ccc(F)cc3)CC4)CC2)cc1. The molecule has 1 saturated heterocycles. The first-order valence-electron chi connectivity index (χ1n) is 12.1. The van der Waals surface area contributed by atoms with Crippen molar-refractivity contribution in [3.8, 4) is 0 Å². The number of nitrogens with zero attached hydrogens (tertiary/aromatic N) is 6. The van der Waals surface area contributed by atoms with E-state index in [-0.39, 0.29) is 11.7 Å². The molecule has 0 N–H and O–H groups in total. The van der Waals surface area contributed by atoms with E-state index in [1.807, 2.05) is 19.0 Å². The van der Waals surface area contributed by atoms with Crippen LogP contribution < -0.4 is 14.7 Å². The summed E-state index contributed by atoms with van der Waals surface area (Å²) < 4.78 is 13.3. The molecule has 1 amide bonds. The Bertz CT molecular complexity index is 1200. The predicted octanol–water partition coefficient (Wildman–Crippen LogP) is 3.52. The highest BCUT2D eigenvalue weighted by Crippen LogP contribution is 2.29. The van der Waals surface area contributed by atoms with Gasteiger partial charge in [0, 0.05) is 70.1 Å². The maximum atomic E-state index is 13.3. The molecule has 0 saturated carbocycles. The molecule has 8 heteroatoms. The van der Waals surface area contributed by atoms with Crippen LogP contribution in [0.1, 0.15) is 27.2 Å². The zero-order valence-corrected chi connectivity index (χ0v) is 20.5. The Morgan fingerprint density at radius 2 is 1.54 bits per heavy atom. The van der Waals surface area contributed by atoms with Crippen LogP contribution in [0.4, 0.5) is 21.8 Å². The van der Waals surface area contributed by atoms with E-state index in [2.05, 4.69) is 41.0 Å². The third-order valence-corrected chi connectivity index (χ3v) is 6.79. The Kier molecular flexibility index (Phi) is 6.28. The normalized spacial score (nSPS) is 15.7. The maximum Gasteiger partial charge on any atom is 0.254 e. The van der Waals surface area contributed by atoms with Crippen molar-refractivity contribution in [2.45, 2.75) is 19.9 Å². The molecule has 35 heavy (non-hydrogen) atoms. The molecule has 2 aliphatic rings. The Hall–Kier alpha value is -3.68. The summed E-state index contributed by atoms with van der Waals surface area (Å²) in [7, 11) is 3.95. The summed E-state index contributed by atoms with van der Waals surface area (Å²) >= 11 is 0. The van der Waals surface area contributed by atoms with Gasteiger partial charge in [-0.2, -0.15) is 4.98 Å². The lowest BCUT2D eigenvalue weighted by molar-refractivity contribution is 0.0733. The van der Waals surface area contributed by atoms with E-state index in [4.69, 9.17) is 9.97 Å². The van der Waals surface area contributed by atoms with Crippen LogP contribution in [0.5, 0.6) is 0 Å². The standard InChI is InChI=1S/C27H31FN6O/c1-19-4-10-22(11-5-19)32-14-16-33(17-15-32)27-29-24-12-13-34(18-23(24)25(30-27)31(2)3)26(35)20-6-8-21(28)9-7-20/h4-11H,12-18H2,1-3H3. The van der Waals surface area contributed by atoms with Gasteiger partial charge < -0.3 is 19.6 Å². The Morgan fingerprint density at radius 1 is 0.886 bits per heavy atom. The van der Waals surface area contributed by atoms with Gasteiger partial charge in [0.05, 0.1) is 12.2 Å². The maximum absolute atomic E-state index is 13.3. The molecule has 2 aromatic carbocycles. The van der Waals surface area contributed by atoms with E-state index >= 15 is 0 Å². The molecule has 182 valence electrons. The number of amides is 1. The number of halogens is 1. The molecule has 0 radical (unpaired) electrons. The van der Waals surface area contributed by atoms with Gasteiger partial charge in [-0.15, -0.1) is 0 Å². The van der Waals surface area contributed by atoms with Crippen molar-refractivity contribution in [1.29, 1.82) is 0 Å². The number of hydrogen-bond donors (Lipinski definition) is 0. The topological polar surface area (TPSA) is 55.8 Å². The Balaban J connectivity index is 1.33. The minimum atomic E-state index is -0.346. The summed E-state index contributed by atoms with van der Waals surface area (Å²) in [6.07, 6.45) is 0.669. The minimum Gasteiger partial charge on any atom is -0.368 e. The lowest BCUT2D eigenvalue weighted by atomic mass is 10.0. The first kappa shape index (κ1) is 23.1. The highest BCUT2D eigenvalue weighted by molar-refractivity contribution is 5.94. The summed E-state index contributed by atoms with van der Waals surface area (Å²) in [4.78, 5) is 31.4. The zero-order chi connectivity index (χ0) is 24.5. The second-order valence-electron chi connectivity index (χ2n) is 9.46. The average Bonchev–Trinajstić information content (AvgIpc) is 2.88. The molecule has 0 atom stereocenters. The van der Waals surface area contributed by atoms with E-state index < -0.39 is 0 Å². The first-order valence-corrected chi connectivity index (χ1v) is 12.1. The van der Waals surface area contributed by atoms with Gasteiger partial charge >= 0.3 is 0 Å². The first-order chi connectivity index (χ1) is 16.9. The molecule has 0 aliphatic carbocycles. The van der Waals surface area contributed by atoms with Crippen LogP contribution in [0.2, 0.25) is 0 Å². The van der Waals surface area contributed by atoms with Gasteiger partial charge in [0.2, 0.25) is 5.95 Å². The van der Waals surface area contributed by atoms with Crippen LogP contribution >= 0.6 is 0 Å². The van der Waals surface area contributed by atoms with Gasteiger partial charge in [-0.3, -0.25) is 4.79 Å². The number of carbonyl (C=O) groups is 1. The van der Waals surface area contributed by atoms with Crippen molar-refractivity contribution >= 4 is 23.4 Å². The lowest BCUT2D eigenvalue weighted by Crippen LogP contribution is -2.47. The Labute approximate surface area is 205 Å².